The molecule has 0 spiro atoms. The molecule has 2 atom stereocenters. The van der Waals surface area contributed by atoms with E-state index in [0.717, 1.165) is 25.0 Å². The van der Waals surface area contributed by atoms with Crippen LogP contribution in [-0.2, 0) is 13.1 Å². The van der Waals surface area contributed by atoms with Crippen molar-refractivity contribution in [3.8, 4) is 0 Å². The summed E-state index contributed by atoms with van der Waals surface area (Å²) in [7, 11) is 1.85. The molecule has 5 heteroatoms. The van der Waals surface area contributed by atoms with Gasteiger partial charge in [-0.3, -0.25) is 9.89 Å². The fraction of sp³-hybridized carbons (Fsp3) is 0.632. The summed E-state index contributed by atoms with van der Waals surface area (Å²) in [6.45, 7) is 6.67. The normalized spacial score (nSPS) is 24.2. The molecule has 2 fully saturated rings. The van der Waals surface area contributed by atoms with Crippen LogP contribution in [0.3, 0.4) is 0 Å². The Morgan fingerprint density at radius 2 is 1.83 bits per heavy atom. The van der Waals surface area contributed by atoms with E-state index in [9.17, 15) is 0 Å². The third-order valence-corrected chi connectivity index (χ3v) is 5.06. The van der Waals surface area contributed by atoms with Crippen LogP contribution in [0.15, 0.2) is 29.3 Å². The van der Waals surface area contributed by atoms with Crippen LogP contribution in [0.4, 0.5) is 0 Å². The molecule has 0 radical (unpaired) electrons. The number of likely N-dealkylation sites (tertiary alicyclic amines) is 1. The predicted molar refractivity (Wildman–Crippen MR) is 112 cm³/mol. The predicted octanol–water partition coefficient (Wildman–Crippen LogP) is 3.36. The maximum Gasteiger partial charge on any atom is 0.191 e. The number of nitrogens with one attached hydrogen (secondary N) is 2. The van der Waals surface area contributed by atoms with Crippen LogP contribution >= 0.6 is 24.0 Å². The van der Waals surface area contributed by atoms with Crippen molar-refractivity contribution in [2.24, 2.45) is 10.9 Å². The van der Waals surface area contributed by atoms with Gasteiger partial charge in [0.2, 0.25) is 0 Å². The van der Waals surface area contributed by atoms with Crippen LogP contribution in [0, 0.1) is 5.92 Å². The lowest BCUT2D eigenvalue weighted by Gasteiger charge is -2.27. The molecule has 0 bridgehead atoms. The summed E-state index contributed by atoms with van der Waals surface area (Å²) >= 11 is 0. The highest BCUT2D eigenvalue weighted by molar-refractivity contribution is 14.0. The van der Waals surface area contributed by atoms with Gasteiger partial charge >= 0.3 is 0 Å². The largest absolute Gasteiger partial charge is 0.353 e. The van der Waals surface area contributed by atoms with E-state index in [1.165, 1.54) is 49.9 Å². The van der Waals surface area contributed by atoms with Crippen molar-refractivity contribution in [2.75, 3.05) is 20.1 Å². The summed E-state index contributed by atoms with van der Waals surface area (Å²) in [6, 6.07) is 9.39. The summed E-state index contributed by atoms with van der Waals surface area (Å²) in [5.41, 5.74) is 2.82. The molecule has 1 saturated carbocycles. The molecule has 1 aromatic carbocycles. The lowest BCUT2D eigenvalue weighted by Crippen LogP contribution is -2.39. The second-order valence-electron chi connectivity index (χ2n) is 7.00. The van der Waals surface area contributed by atoms with Crippen LogP contribution in [0.1, 0.15) is 43.7 Å². The molecule has 0 amide bonds. The molecule has 24 heavy (non-hydrogen) atoms. The van der Waals surface area contributed by atoms with Crippen molar-refractivity contribution in [1.29, 1.82) is 0 Å². The van der Waals surface area contributed by atoms with Gasteiger partial charge in [-0.2, -0.15) is 0 Å². The molecular formula is C19H31IN4. The van der Waals surface area contributed by atoms with Gasteiger partial charge in [-0.15, -0.1) is 24.0 Å². The van der Waals surface area contributed by atoms with Gasteiger partial charge in [-0.25, -0.2) is 0 Å². The average Bonchev–Trinajstić information content (AvgIpc) is 3.28. The number of piperidine rings is 1. The van der Waals surface area contributed by atoms with E-state index in [1.807, 2.05) is 7.05 Å². The molecule has 1 saturated heterocycles. The van der Waals surface area contributed by atoms with Gasteiger partial charge < -0.3 is 10.6 Å². The Bertz CT molecular complexity index is 540. The first-order valence-electron chi connectivity index (χ1n) is 9.02. The highest BCUT2D eigenvalue weighted by atomic mass is 127. The molecule has 3 rings (SSSR count). The highest BCUT2D eigenvalue weighted by Crippen LogP contribution is 2.28. The SMILES string of the molecule is CN=C(NCc1ccccc1CN1CCCCC1)NC1CC1C.I. The van der Waals surface area contributed by atoms with Crippen molar-refractivity contribution in [3.05, 3.63) is 35.4 Å². The molecule has 1 aliphatic carbocycles. The molecule has 1 heterocycles. The van der Waals surface area contributed by atoms with E-state index in [-0.39, 0.29) is 24.0 Å². The Balaban J connectivity index is 0.00000208. The average molecular weight is 442 g/mol. The number of rotatable bonds is 5. The quantitative estimate of drug-likeness (QED) is 0.418. The number of nitrogens with zero attached hydrogens (tertiary/aromatic N) is 2. The minimum absolute atomic E-state index is 0. The molecule has 134 valence electrons. The van der Waals surface area contributed by atoms with Crippen molar-refractivity contribution in [3.63, 3.8) is 0 Å². The van der Waals surface area contributed by atoms with Crippen molar-refractivity contribution in [2.45, 2.75) is 51.7 Å². The Labute approximate surface area is 163 Å². The van der Waals surface area contributed by atoms with E-state index in [2.05, 4.69) is 51.7 Å². The Morgan fingerprint density at radius 3 is 2.46 bits per heavy atom. The third kappa shape index (κ3) is 5.62. The first-order chi connectivity index (χ1) is 11.3. The van der Waals surface area contributed by atoms with Gasteiger partial charge in [0.05, 0.1) is 0 Å². The highest BCUT2D eigenvalue weighted by Gasteiger charge is 2.33. The second kappa shape index (κ2) is 9.61. The lowest BCUT2D eigenvalue weighted by atomic mass is 10.0. The van der Waals surface area contributed by atoms with Crippen LogP contribution in [-0.4, -0.2) is 37.0 Å². The number of hydrogen-bond donors (Lipinski definition) is 2. The molecule has 1 aromatic rings. The standard InChI is InChI=1S/C19H30N4.HI/c1-15-12-18(15)22-19(20-2)21-13-16-8-4-5-9-17(16)14-23-10-6-3-7-11-23;/h4-5,8-9,15,18H,3,6-7,10-14H2,1-2H3,(H2,20,21,22);1H. The number of guanidine groups is 1. The van der Waals surface area contributed by atoms with Crippen molar-refractivity contribution in [1.82, 2.24) is 15.5 Å². The van der Waals surface area contributed by atoms with Gasteiger partial charge in [0.1, 0.15) is 0 Å². The number of hydrogen-bond acceptors (Lipinski definition) is 2. The lowest BCUT2D eigenvalue weighted by molar-refractivity contribution is 0.220. The number of benzene rings is 1. The maximum atomic E-state index is 4.35. The van der Waals surface area contributed by atoms with Gasteiger partial charge in [0, 0.05) is 26.2 Å². The van der Waals surface area contributed by atoms with Crippen LogP contribution in [0.25, 0.3) is 0 Å². The van der Waals surface area contributed by atoms with Gasteiger partial charge in [0.15, 0.2) is 5.96 Å². The molecular weight excluding hydrogens is 411 g/mol. The summed E-state index contributed by atoms with van der Waals surface area (Å²) in [4.78, 5) is 6.93. The van der Waals surface area contributed by atoms with Crippen LogP contribution in [0.5, 0.6) is 0 Å². The molecule has 0 aromatic heterocycles. The topological polar surface area (TPSA) is 39.7 Å². The van der Waals surface area contributed by atoms with Crippen molar-refractivity contribution >= 4 is 29.9 Å². The van der Waals surface area contributed by atoms with Gasteiger partial charge in [-0.1, -0.05) is 37.6 Å². The Kier molecular flexibility index (Phi) is 7.81. The monoisotopic (exact) mass is 442 g/mol. The number of aliphatic imine (C=N–C) groups is 1. The maximum absolute atomic E-state index is 4.35. The zero-order valence-electron chi connectivity index (χ0n) is 14.9. The summed E-state index contributed by atoms with van der Waals surface area (Å²) < 4.78 is 0. The Morgan fingerprint density at radius 1 is 1.17 bits per heavy atom. The molecule has 2 N–H and O–H groups in total. The second-order valence-corrected chi connectivity index (χ2v) is 7.00. The first-order valence-corrected chi connectivity index (χ1v) is 9.02. The summed E-state index contributed by atoms with van der Waals surface area (Å²) in [6.07, 6.45) is 5.33. The number of halogens is 1. The smallest absolute Gasteiger partial charge is 0.191 e. The molecule has 1 aliphatic heterocycles. The van der Waals surface area contributed by atoms with E-state index >= 15 is 0 Å². The fourth-order valence-corrected chi connectivity index (χ4v) is 3.31. The molecule has 2 aliphatic rings. The van der Waals surface area contributed by atoms with Crippen molar-refractivity contribution < 1.29 is 0 Å². The van der Waals surface area contributed by atoms with E-state index in [4.69, 9.17) is 0 Å². The Hall–Kier alpha value is -0.820. The zero-order valence-corrected chi connectivity index (χ0v) is 17.3. The summed E-state index contributed by atoms with van der Waals surface area (Å²) in [5.74, 6) is 1.70. The van der Waals surface area contributed by atoms with E-state index in [1.54, 1.807) is 0 Å². The minimum Gasteiger partial charge on any atom is -0.353 e. The minimum atomic E-state index is 0. The zero-order chi connectivity index (χ0) is 16.1. The summed E-state index contributed by atoms with van der Waals surface area (Å²) in [5, 5.41) is 6.97. The molecule has 4 nitrogen and oxygen atoms in total. The fourth-order valence-electron chi connectivity index (χ4n) is 3.31. The third-order valence-electron chi connectivity index (χ3n) is 5.06. The van der Waals surface area contributed by atoms with Crippen LogP contribution < -0.4 is 10.6 Å². The van der Waals surface area contributed by atoms with Crippen LogP contribution in [0.2, 0.25) is 0 Å². The van der Waals surface area contributed by atoms with Gasteiger partial charge in [-0.05, 0) is 49.4 Å². The van der Waals surface area contributed by atoms with E-state index < -0.39 is 0 Å². The molecule has 2 unspecified atom stereocenters. The first kappa shape index (κ1) is 19.5. The van der Waals surface area contributed by atoms with E-state index in [0.29, 0.717) is 6.04 Å². The van der Waals surface area contributed by atoms with Gasteiger partial charge in [0.25, 0.3) is 0 Å².